The van der Waals surface area contributed by atoms with Crippen LogP contribution in [0.1, 0.15) is 70.3 Å². The van der Waals surface area contributed by atoms with E-state index in [1.807, 2.05) is 12.1 Å². The number of unbranched alkanes of at least 4 members (excludes halogenated alkanes) is 3. The van der Waals surface area contributed by atoms with Crippen LogP contribution in [0, 0.1) is 29.5 Å². The Morgan fingerprint density at radius 3 is 2.07 bits per heavy atom. The van der Waals surface area contributed by atoms with Gasteiger partial charge in [0.05, 0.1) is 0 Å². The highest BCUT2D eigenvalue weighted by atomic mass is 19.1. The van der Waals surface area contributed by atoms with Crippen molar-refractivity contribution in [2.24, 2.45) is 11.8 Å². The van der Waals surface area contributed by atoms with Gasteiger partial charge in [0, 0.05) is 11.5 Å². The molecule has 0 aromatic heterocycles. The Bertz CT molecular complexity index is 738. The van der Waals surface area contributed by atoms with Crippen LogP contribution in [0.25, 0.3) is 11.1 Å². The molecule has 2 aromatic rings. The van der Waals surface area contributed by atoms with E-state index >= 15 is 0 Å². The van der Waals surface area contributed by atoms with Crippen LogP contribution in [0.3, 0.4) is 0 Å². The van der Waals surface area contributed by atoms with Crippen molar-refractivity contribution in [3.8, 4) is 23.0 Å². The molecular weight excluding hydrogens is 331 g/mol. The SMILES string of the molecule is CCCCCCC1CCC(C#Cc2ccc(-c3ccc(F)cc3)cc2)CC1. The molecule has 3 rings (SSSR count). The zero-order chi connectivity index (χ0) is 18.9. The Hall–Kier alpha value is -2.07. The lowest BCUT2D eigenvalue weighted by Crippen LogP contribution is -2.13. The highest BCUT2D eigenvalue weighted by Gasteiger charge is 2.19. The van der Waals surface area contributed by atoms with E-state index in [0.717, 1.165) is 22.6 Å². The Labute approximate surface area is 164 Å². The predicted octanol–water partition coefficient (Wildman–Crippen LogP) is 7.62. The lowest BCUT2D eigenvalue weighted by Gasteiger charge is -2.25. The average Bonchev–Trinajstić information content (AvgIpc) is 2.72. The summed E-state index contributed by atoms with van der Waals surface area (Å²) >= 11 is 0. The van der Waals surface area contributed by atoms with Crippen LogP contribution >= 0.6 is 0 Å². The van der Waals surface area contributed by atoms with E-state index in [0.29, 0.717) is 5.92 Å². The van der Waals surface area contributed by atoms with Crippen LogP contribution in [-0.4, -0.2) is 0 Å². The normalized spacial score (nSPS) is 19.3. The maximum Gasteiger partial charge on any atom is 0.123 e. The van der Waals surface area contributed by atoms with Gasteiger partial charge in [-0.15, -0.1) is 0 Å². The van der Waals surface area contributed by atoms with Crippen molar-refractivity contribution in [3.05, 3.63) is 59.9 Å². The smallest absolute Gasteiger partial charge is 0.123 e. The van der Waals surface area contributed by atoms with Crippen LogP contribution in [-0.2, 0) is 0 Å². The second-order valence-electron chi connectivity index (χ2n) is 7.92. The van der Waals surface area contributed by atoms with Crippen LogP contribution in [0.4, 0.5) is 4.39 Å². The highest BCUT2D eigenvalue weighted by molar-refractivity contribution is 5.64. The summed E-state index contributed by atoms with van der Waals surface area (Å²) in [6.45, 7) is 2.28. The van der Waals surface area contributed by atoms with Crippen molar-refractivity contribution in [3.63, 3.8) is 0 Å². The average molecular weight is 363 g/mol. The molecule has 0 N–H and O–H groups in total. The van der Waals surface area contributed by atoms with Crippen molar-refractivity contribution in [2.45, 2.75) is 64.7 Å². The van der Waals surface area contributed by atoms with Crippen LogP contribution in [0.5, 0.6) is 0 Å². The maximum absolute atomic E-state index is 13.0. The first-order chi connectivity index (χ1) is 13.2. The first-order valence-corrected chi connectivity index (χ1v) is 10.6. The van der Waals surface area contributed by atoms with E-state index in [1.165, 1.54) is 69.9 Å². The van der Waals surface area contributed by atoms with Crippen molar-refractivity contribution < 1.29 is 4.39 Å². The fourth-order valence-corrected chi connectivity index (χ4v) is 4.03. The third-order valence-corrected chi connectivity index (χ3v) is 5.80. The molecule has 0 aliphatic heterocycles. The fraction of sp³-hybridized carbons (Fsp3) is 0.462. The predicted molar refractivity (Wildman–Crippen MR) is 113 cm³/mol. The van der Waals surface area contributed by atoms with Gasteiger partial charge in [-0.1, -0.05) is 75.1 Å². The highest BCUT2D eigenvalue weighted by Crippen LogP contribution is 2.31. The lowest BCUT2D eigenvalue weighted by atomic mass is 9.80. The van der Waals surface area contributed by atoms with Gasteiger partial charge >= 0.3 is 0 Å². The second kappa shape index (κ2) is 10.3. The van der Waals surface area contributed by atoms with E-state index < -0.39 is 0 Å². The maximum atomic E-state index is 13.0. The zero-order valence-electron chi connectivity index (χ0n) is 16.5. The molecule has 2 aromatic carbocycles. The summed E-state index contributed by atoms with van der Waals surface area (Å²) in [5.74, 6) is 8.17. The Kier molecular flexibility index (Phi) is 7.52. The quantitative estimate of drug-likeness (QED) is 0.366. The fourth-order valence-electron chi connectivity index (χ4n) is 4.03. The molecule has 1 aliphatic carbocycles. The minimum Gasteiger partial charge on any atom is -0.207 e. The molecule has 0 unspecified atom stereocenters. The van der Waals surface area contributed by atoms with E-state index in [-0.39, 0.29) is 5.82 Å². The van der Waals surface area contributed by atoms with Crippen molar-refractivity contribution >= 4 is 0 Å². The minimum absolute atomic E-state index is 0.197. The Morgan fingerprint density at radius 1 is 0.815 bits per heavy atom. The topological polar surface area (TPSA) is 0 Å². The molecule has 27 heavy (non-hydrogen) atoms. The lowest BCUT2D eigenvalue weighted by molar-refractivity contribution is 0.294. The molecule has 1 aliphatic rings. The zero-order valence-corrected chi connectivity index (χ0v) is 16.5. The standard InChI is InChI=1S/C26H31F/c1-2-3-4-5-6-21-7-9-22(10-8-21)11-12-23-13-15-24(16-14-23)25-17-19-26(27)20-18-25/h13-22H,2-10H2,1H3. The molecule has 0 saturated heterocycles. The summed E-state index contributed by atoms with van der Waals surface area (Å²) in [4.78, 5) is 0. The molecule has 0 nitrogen and oxygen atoms in total. The summed E-state index contributed by atoms with van der Waals surface area (Å²) < 4.78 is 13.0. The van der Waals surface area contributed by atoms with E-state index in [4.69, 9.17) is 0 Å². The monoisotopic (exact) mass is 362 g/mol. The van der Waals surface area contributed by atoms with Gasteiger partial charge in [0.1, 0.15) is 5.82 Å². The second-order valence-corrected chi connectivity index (χ2v) is 7.92. The Morgan fingerprint density at radius 2 is 1.44 bits per heavy atom. The third-order valence-electron chi connectivity index (χ3n) is 5.80. The summed E-state index contributed by atoms with van der Waals surface area (Å²) in [6.07, 6.45) is 12.2. The molecule has 1 fully saturated rings. The molecule has 0 amide bonds. The molecule has 142 valence electrons. The number of halogens is 1. The van der Waals surface area contributed by atoms with Gasteiger partial charge in [-0.25, -0.2) is 4.39 Å². The molecule has 0 radical (unpaired) electrons. The van der Waals surface area contributed by atoms with Crippen molar-refractivity contribution in [1.82, 2.24) is 0 Å². The van der Waals surface area contributed by atoms with E-state index in [2.05, 4.69) is 43.0 Å². The van der Waals surface area contributed by atoms with Crippen molar-refractivity contribution in [2.75, 3.05) is 0 Å². The summed E-state index contributed by atoms with van der Waals surface area (Å²) in [6, 6.07) is 14.9. The van der Waals surface area contributed by atoms with Crippen LogP contribution in [0.15, 0.2) is 48.5 Å². The van der Waals surface area contributed by atoms with Gasteiger partial charge in [0.2, 0.25) is 0 Å². The van der Waals surface area contributed by atoms with Gasteiger partial charge in [-0.3, -0.25) is 0 Å². The summed E-state index contributed by atoms with van der Waals surface area (Å²) in [7, 11) is 0. The largest absolute Gasteiger partial charge is 0.207 e. The first kappa shape index (κ1) is 19.7. The van der Waals surface area contributed by atoms with E-state index in [9.17, 15) is 4.39 Å². The number of hydrogen-bond acceptors (Lipinski definition) is 0. The molecule has 1 saturated carbocycles. The molecule has 0 bridgehead atoms. The summed E-state index contributed by atoms with van der Waals surface area (Å²) in [5.41, 5.74) is 3.21. The minimum atomic E-state index is -0.197. The first-order valence-electron chi connectivity index (χ1n) is 10.6. The number of benzene rings is 2. The number of rotatable bonds is 6. The van der Waals surface area contributed by atoms with Gasteiger partial charge in [-0.05, 0) is 67.0 Å². The Balaban J connectivity index is 1.48. The van der Waals surface area contributed by atoms with Gasteiger partial charge in [0.25, 0.3) is 0 Å². The summed E-state index contributed by atoms with van der Waals surface area (Å²) in [5, 5.41) is 0. The number of hydrogen-bond donors (Lipinski definition) is 0. The molecule has 0 atom stereocenters. The molecule has 0 heterocycles. The molecular formula is C26H31F. The van der Waals surface area contributed by atoms with Crippen LogP contribution in [0.2, 0.25) is 0 Å². The molecule has 0 spiro atoms. The van der Waals surface area contributed by atoms with Crippen molar-refractivity contribution in [1.29, 1.82) is 0 Å². The van der Waals surface area contributed by atoms with Crippen LogP contribution < -0.4 is 0 Å². The van der Waals surface area contributed by atoms with Gasteiger partial charge in [0.15, 0.2) is 0 Å². The third kappa shape index (κ3) is 6.24. The van der Waals surface area contributed by atoms with Gasteiger partial charge < -0.3 is 0 Å². The molecule has 1 heteroatoms. The van der Waals surface area contributed by atoms with E-state index in [1.54, 1.807) is 0 Å². The van der Waals surface area contributed by atoms with Gasteiger partial charge in [-0.2, -0.15) is 0 Å².